The standard InChI is InChI=1S/C14H15N5O4S/c1-7-2-10(18-23-7)13(22)19-4-8(5-19)12(21)17-14-16-9(6-24-14)3-11(15)20/h2,6,8H,3-5H2,1H3,(H2,15,20)(H,16,17,21). The molecule has 3 heterocycles. The van der Waals surface area contributed by atoms with Crippen LogP contribution in [0.1, 0.15) is 21.9 Å². The zero-order chi connectivity index (χ0) is 17.3. The van der Waals surface area contributed by atoms with Crippen molar-refractivity contribution >= 4 is 34.2 Å². The van der Waals surface area contributed by atoms with Gasteiger partial charge in [-0.25, -0.2) is 4.98 Å². The summed E-state index contributed by atoms with van der Waals surface area (Å²) in [7, 11) is 0. The van der Waals surface area contributed by atoms with Gasteiger partial charge >= 0.3 is 0 Å². The summed E-state index contributed by atoms with van der Waals surface area (Å²) in [6, 6.07) is 1.56. The van der Waals surface area contributed by atoms with Crippen LogP contribution in [-0.4, -0.2) is 45.9 Å². The Bertz CT molecular complexity index is 793. The molecule has 0 aliphatic carbocycles. The molecule has 2 aromatic heterocycles. The Balaban J connectivity index is 1.50. The molecule has 1 aliphatic heterocycles. The number of anilines is 1. The molecule has 24 heavy (non-hydrogen) atoms. The summed E-state index contributed by atoms with van der Waals surface area (Å²) in [5, 5.41) is 8.44. The number of nitrogens with two attached hydrogens (primary N) is 1. The van der Waals surface area contributed by atoms with Crippen LogP contribution in [0.2, 0.25) is 0 Å². The molecule has 2 aromatic rings. The fourth-order valence-corrected chi connectivity index (χ4v) is 2.98. The van der Waals surface area contributed by atoms with Crippen molar-refractivity contribution in [3.05, 3.63) is 28.6 Å². The Kier molecular flexibility index (Phi) is 4.30. The summed E-state index contributed by atoms with van der Waals surface area (Å²) >= 11 is 1.22. The largest absolute Gasteiger partial charge is 0.369 e. The minimum absolute atomic E-state index is 0.0369. The number of hydrogen-bond acceptors (Lipinski definition) is 7. The van der Waals surface area contributed by atoms with E-state index < -0.39 is 5.91 Å². The van der Waals surface area contributed by atoms with Crippen LogP contribution in [0, 0.1) is 12.8 Å². The average Bonchev–Trinajstić information content (AvgIpc) is 3.05. The monoisotopic (exact) mass is 349 g/mol. The maximum absolute atomic E-state index is 12.1. The Morgan fingerprint density at radius 2 is 2.21 bits per heavy atom. The number of hydrogen-bond donors (Lipinski definition) is 2. The molecule has 1 fully saturated rings. The topological polar surface area (TPSA) is 131 Å². The van der Waals surface area contributed by atoms with Crippen molar-refractivity contribution in [1.29, 1.82) is 0 Å². The first kappa shape index (κ1) is 16.1. The average molecular weight is 349 g/mol. The summed E-state index contributed by atoms with van der Waals surface area (Å²) in [5.74, 6) is -0.687. The van der Waals surface area contributed by atoms with Crippen LogP contribution >= 0.6 is 11.3 Å². The Morgan fingerprint density at radius 3 is 2.83 bits per heavy atom. The summed E-state index contributed by atoms with van der Waals surface area (Å²) in [6.45, 7) is 2.34. The van der Waals surface area contributed by atoms with E-state index >= 15 is 0 Å². The molecule has 3 rings (SSSR count). The molecule has 126 valence electrons. The van der Waals surface area contributed by atoms with Gasteiger partial charge in [-0.05, 0) is 6.92 Å². The number of amides is 3. The predicted molar refractivity (Wildman–Crippen MR) is 84.3 cm³/mol. The number of aromatic nitrogens is 2. The van der Waals surface area contributed by atoms with Crippen molar-refractivity contribution in [2.45, 2.75) is 13.3 Å². The van der Waals surface area contributed by atoms with Crippen molar-refractivity contribution in [3.63, 3.8) is 0 Å². The highest BCUT2D eigenvalue weighted by Gasteiger charge is 2.37. The molecule has 1 saturated heterocycles. The second kappa shape index (κ2) is 6.40. The van der Waals surface area contributed by atoms with Gasteiger partial charge in [0.1, 0.15) is 5.76 Å². The number of aryl methyl sites for hydroxylation is 1. The highest BCUT2D eigenvalue weighted by molar-refractivity contribution is 7.13. The van der Waals surface area contributed by atoms with Gasteiger partial charge in [-0.15, -0.1) is 11.3 Å². The van der Waals surface area contributed by atoms with E-state index in [0.717, 1.165) is 0 Å². The van der Waals surface area contributed by atoms with E-state index in [1.807, 2.05) is 0 Å². The highest BCUT2D eigenvalue weighted by Crippen LogP contribution is 2.22. The fourth-order valence-electron chi connectivity index (χ4n) is 2.27. The Morgan fingerprint density at radius 1 is 1.46 bits per heavy atom. The first-order valence-corrected chi connectivity index (χ1v) is 8.06. The molecular formula is C14H15N5O4S. The number of primary amides is 1. The number of carbonyl (C=O) groups excluding carboxylic acids is 3. The van der Waals surface area contributed by atoms with E-state index in [0.29, 0.717) is 29.7 Å². The third kappa shape index (κ3) is 3.43. The molecule has 0 aromatic carbocycles. The Hall–Kier alpha value is -2.75. The molecule has 0 unspecified atom stereocenters. The van der Waals surface area contributed by atoms with E-state index in [9.17, 15) is 14.4 Å². The number of nitrogens with zero attached hydrogens (tertiary/aromatic N) is 3. The smallest absolute Gasteiger partial charge is 0.276 e. The second-order valence-electron chi connectivity index (χ2n) is 5.51. The van der Waals surface area contributed by atoms with Gasteiger partial charge in [-0.2, -0.15) is 0 Å². The molecule has 3 amide bonds. The molecule has 0 atom stereocenters. The van der Waals surface area contributed by atoms with E-state index in [1.54, 1.807) is 18.4 Å². The fraction of sp³-hybridized carbons (Fsp3) is 0.357. The molecule has 0 saturated carbocycles. The number of carbonyl (C=O) groups is 3. The summed E-state index contributed by atoms with van der Waals surface area (Å²) in [4.78, 5) is 40.7. The molecule has 3 N–H and O–H groups in total. The van der Waals surface area contributed by atoms with Gasteiger partial charge in [0.05, 0.1) is 18.0 Å². The number of rotatable bonds is 5. The quantitative estimate of drug-likeness (QED) is 0.791. The molecular weight excluding hydrogens is 334 g/mol. The molecule has 1 aliphatic rings. The van der Waals surface area contributed by atoms with E-state index in [1.165, 1.54) is 16.2 Å². The minimum atomic E-state index is -0.477. The SMILES string of the molecule is Cc1cc(C(=O)N2CC(C(=O)Nc3nc(CC(N)=O)cs3)C2)no1. The first-order valence-electron chi connectivity index (χ1n) is 7.18. The minimum Gasteiger partial charge on any atom is -0.369 e. The van der Waals surface area contributed by atoms with Crippen LogP contribution in [0.15, 0.2) is 16.0 Å². The summed E-state index contributed by atoms with van der Waals surface area (Å²) in [6.07, 6.45) is 0.0369. The van der Waals surface area contributed by atoms with Gasteiger partial charge in [0, 0.05) is 24.5 Å². The second-order valence-corrected chi connectivity index (χ2v) is 6.36. The number of thiazole rings is 1. The normalized spacial score (nSPS) is 14.3. The molecule has 10 heteroatoms. The van der Waals surface area contributed by atoms with Gasteiger partial charge < -0.3 is 20.5 Å². The lowest BCUT2D eigenvalue weighted by atomic mass is 9.99. The van der Waals surface area contributed by atoms with Gasteiger partial charge in [0.25, 0.3) is 5.91 Å². The van der Waals surface area contributed by atoms with Gasteiger partial charge in [0.2, 0.25) is 11.8 Å². The van der Waals surface area contributed by atoms with Crippen molar-refractivity contribution in [2.75, 3.05) is 18.4 Å². The van der Waals surface area contributed by atoms with Crippen molar-refractivity contribution in [3.8, 4) is 0 Å². The lowest BCUT2D eigenvalue weighted by molar-refractivity contribution is -0.123. The Labute approximate surface area is 140 Å². The lowest BCUT2D eigenvalue weighted by Crippen LogP contribution is -2.54. The number of likely N-dealkylation sites (tertiary alicyclic amines) is 1. The third-order valence-corrected chi connectivity index (χ3v) is 4.33. The molecule has 0 bridgehead atoms. The zero-order valence-corrected chi connectivity index (χ0v) is 13.6. The predicted octanol–water partition coefficient (Wildman–Crippen LogP) is 0.178. The van der Waals surface area contributed by atoms with Gasteiger partial charge in [-0.3, -0.25) is 14.4 Å². The molecule has 9 nitrogen and oxygen atoms in total. The van der Waals surface area contributed by atoms with Gasteiger partial charge in [0.15, 0.2) is 10.8 Å². The van der Waals surface area contributed by atoms with E-state index in [4.69, 9.17) is 10.3 Å². The number of nitrogens with one attached hydrogen (secondary N) is 1. The van der Waals surface area contributed by atoms with Crippen LogP contribution < -0.4 is 11.1 Å². The summed E-state index contributed by atoms with van der Waals surface area (Å²) in [5.41, 5.74) is 5.86. The van der Waals surface area contributed by atoms with E-state index in [2.05, 4.69) is 15.5 Å². The zero-order valence-electron chi connectivity index (χ0n) is 12.8. The molecule has 0 spiro atoms. The van der Waals surface area contributed by atoms with Crippen LogP contribution in [0.5, 0.6) is 0 Å². The van der Waals surface area contributed by atoms with Gasteiger partial charge in [-0.1, -0.05) is 5.16 Å². The van der Waals surface area contributed by atoms with Crippen molar-refractivity contribution in [2.24, 2.45) is 11.7 Å². The maximum atomic E-state index is 12.1. The highest BCUT2D eigenvalue weighted by atomic mass is 32.1. The lowest BCUT2D eigenvalue weighted by Gasteiger charge is -2.37. The third-order valence-electron chi connectivity index (χ3n) is 3.52. The molecule has 0 radical (unpaired) electrons. The summed E-state index contributed by atoms with van der Waals surface area (Å²) < 4.78 is 4.87. The first-order chi connectivity index (χ1) is 11.4. The van der Waals surface area contributed by atoms with Crippen molar-refractivity contribution < 1.29 is 18.9 Å². The van der Waals surface area contributed by atoms with E-state index in [-0.39, 0.29) is 29.8 Å². The van der Waals surface area contributed by atoms with Crippen LogP contribution in [0.3, 0.4) is 0 Å². The van der Waals surface area contributed by atoms with Crippen LogP contribution in [-0.2, 0) is 16.0 Å². The van der Waals surface area contributed by atoms with Crippen LogP contribution in [0.4, 0.5) is 5.13 Å². The van der Waals surface area contributed by atoms with Crippen molar-refractivity contribution in [1.82, 2.24) is 15.0 Å². The maximum Gasteiger partial charge on any atom is 0.276 e. The van der Waals surface area contributed by atoms with Crippen LogP contribution in [0.25, 0.3) is 0 Å².